The molecule has 1 atom stereocenters. The first-order valence-electron chi connectivity index (χ1n) is 7.79. The van der Waals surface area contributed by atoms with Crippen LogP contribution >= 0.6 is 0 Å². The third-order valence-electron chi connectivity index (χ3n) is 4.46. The Bertz CT molecular complexity index is 473. The van der Waals surface area contributed by atoms with Crippen molar-refractivity contribution in [2.24, 2.45) is 0 Å². The minimum atomic E-state index is -0.163. The molecule has 0 radical (unpaired) electrons. The van der Waals surface area contributed by atoms with E-state index < -0.39 is 0 Å². The number of nitrogens with one attached hydrogen (secondary N) is 1. The summed E-state index contributed by atoms with van der Waals surface area (Å²) in [6, 6.07) is 5.30. The summed E-state index contributed by atoms with van der Waals surface area (Å²) in [6.45, 7) is 12.9. The van der Waals surface area contributed by atoms with Gasteiger partial charge in [-0.15, -0.1) is 0 Å². The van der Waals surface area contributed by atoms with Crippen LogP contribution in [-0.4, -0.2) is 43.7 Å². The molecule has 1 saturated heterocycles. The number of rotatable bonds is 3. The molecule has 4 heteroatoms. The van der Waals surface area contributed by atoms with E-state index in [-0.39, 0.29) is 17.4 Å². The van der Waals surface area contributed by atoms with Crippen molar-refractivity contribution in [3.63, 3.8) is 0 Å². The van der Waals surface area contributed by atoms with Crippen molar-refractivity contribution in [1.29, 1.82) is 0 Å². The van der Waals surface area contributed by atoms with Crippen LogP contribution in [0.4, 0.5) is 10.1 Å². The third-order valence-corrected chi connectivity index (χ3v) is 4.46. The Morgan fingerprint density at radius 3 is 2.29 bits per heavy atom. The standard InChI is InChI=1S/C17H28FN3/c1-13(19-5)15-12-14(18)6-7-16(15)20-8-10-21(11-9-20)17(2,3)4/h6-7,12-13,19H,8-11H2,1-5H3. The first-order valence-corrected chi connectivity index (χ1v) is 7.79. The van der Waals surface area contributed by atoms with Gasteiger partial charge < -0.3 is 10.2 Å². The lowest BCUT2D eigenvalue weighted by Gasteiger charge is -2.43. The highest BCUT2D eigenvalue weighted by Gasteiger charge is 2.27. The summed E-state index contributed by atoms with van der Waals surface area (Å²) in [7, 11) is 1.91. The summed E-state index contributed by atoms with van der Waals surface area (Å²) in [5.74, 6) is -0.163. The predicted molar refractivity (Wildman–Crippen MR) is 87.4 cm³/mol. The van der Waals surface area contributed by atoms with Gasteiger partial charge in [-0.25, -0.2) is 4.39 Å². The molecule has 1 aromatic rings. The Labute approximate surface area is 128 Å². The van der Waals surface area contributed by atoms with Crippen molar-refractivity contribution in [3.05, 3.63) is 29.6 Å². The maximum absolute atomic E-state index is 13.6. The lowest BCUT2D eigenvalue weighted by atomic mass is 10.0. The van der Waals surface area contributed by atoms with Crippen LogP contribution in [-0.2, 0) is 0 Å². The molecule has 0 saturated carbocycles. The number of hydrogen-bond donors (Lipinski definition) is 1. The van der Waals surface area contributed by atoms with Crippen LogP contribution in [0.15, 0.2) is 18.2 Å². The van der Waals surface area contributed by atoms with Gasteiger partial charge in [-0.3, -0.25) is 4.90 Å². The van der Waals surface area contributed by atoms with Gasteiger partial charge in [-0.05, 0) is 58.5 Å². The van der Waals surface area contributed by atoms with E-state index in [0.29, 0.717) is 0 Å². The molecule has 118 valence electrons. The molecule has 1 unspecified atom stereocenters. The Kier molecular flexibility index (Phi) is 4.89. The summed E-state index contributed by atoms with van der Waals surface area (Å²) in [5, 5.41) is 3.22. The average molecular weight is 293 g/mol. The Morgan fingerprint density at radius 1 is 1.14 bits per heavy atom. The Morgan fingerprint density at radius 2 is 1.76 bits per heavy atom. The second-order valence-corrected chi connectivity index (χ2v) is 6.86. The highest BCUT2D eigenvalue weighted by molar-refractivity contribution is 5.55. The number of halogens is 1. The molecule has 1 fully saturated rings. The summed E-state index contributed by atoms with van der Waals surface area (Å²) >= 11 is 0. The zero-order chi connectivity index (χ0) is 15.6. The van der Waals surface area contributed by atoms with E-state index in [1.807, 2.05) is 13.1 Å². The zero-order valence-corrected chi connectivity index (χ0v) is 13.9. The van der Waals surface area contributed by atoms with Gasteiger partial charge in [0.05, 0.1) is 0 Å². The molecule has 1 aromatic carbocycles. The van der Waals surface area contributed by atoms with Crippen molar-refractivity contribution < 1.29 is 4.39 Å². The summed E-state index contributed by atoms with van der Waals surface area (Å²) in [4.78, 5) is 4.89. The number of piperazine rings is 1. The zero-order valence-electron chi connectivity index (χ0n) is 13.9. The van der Waals surface area contributed by atoms with Crippen molar-refractivity contribution >= 4 is 5.69 Å². The SMILES string of the molecule is CNC(C)c1cc(F)ccc1N1CCN(C(C)(C)C)CC1. The Hall–Kier alpha value is -1.13. The number of hydrogen-bond acceptors (Lipinski definition) is 3. The molecule has 1 heterocycles. The molecule has 0 spiro atoms. The van der Waals surface area contributed by atoms with Gasteiger partial charge >= 0.3 is 0 Å². The molecule has 1 aliphatic heterocycles. The van der Waals surface area contributed by atoms with Gasteiger partial charge in [0.1, 0.15) is 5.82 Å². The smallest absolute Gasteiger partial charge is 0.123 e. The molecule has 21 heavy (non-hydrogen) atoms. The maximum atomic E-state index is 13.6. The van der Waals surface area contributed by atoms with Crippen molar-refractivity contribution in [2.45, 2.75) is 39.3 Å². The molecule has 0 aliphatic carbocycles. The van der Waals surface area contributed by atoms with E-state index in [0.717, 1.165) is 37.4 Å². The second kappa shape index (κ2) is 6.32. The molecular weight excluding hydrogens is 265 g/mol. The van der Waals surface area contributed by atoms with Crippen molar-refractivity contribution in [1.82, 2.24) is 10.2 Å². The quantitative estimate of drug-likeness (QED) is 0.924. The third kappa shape index (κ3) is 3.74. The number of nitrogens with zero attached hydrogens (tertiary/aromatic N) is 2. The summed E-state index contributed by atoms with van der Waals surface area (Å²) in [6.07, 6.45) is 0. The minimum Gasteiger partial charge on any atom is -0.369 e. The first kappa shape index (κ1) is 16.2. The Balaban J connectivity index is 2.17. The van der Waals surface area contributed by atoms with E-state index in [2.05, 4.69) is 42.8 Å². The molecule has 0 amide bonds. The van der Waals surface area contributed by atoms with E-state index in [1.165, 1.54) is 0 Å². The maximum Gasteiger partial charge on any atom is 0.123 e. The molecular formula is C17H28FN3. The lowest BCUT2D eigenvalue weighted by Crippen LogP contribution is -2.53. The summed E-state index contributed by atoms with van der Waals surface area (Å²) < 4.78 is 13.6. The van der Waals surface area contributed by atoms with Crippen molar-refractivity contribution in [3.8, 4) is 0 Å². The highest BCUT2D eigenvalue weighted by Crippen LogP contribution is 2.29. The fourth-order valence-electron chi connectivity index (χ4n) is 2.93. The molecule has 2 rings (SSSR count). The van der Waals surface area contributed by atoms with Crippen LogP contribution < -0.4 is 10.2 Å². The number of benzene rings is 1. The molecule has 1 N–H and O–H groups in total. The fourth-order valence-corrected chi connectivity index (χ4v) is 2.93. The van der Waals surface area contributed by atoms with Crippen LogP contribution in [0.3, 0.4) is 0 Å². The van der Waals surface area contributed by atoms with Crippen LogP contribution in [0.1, 0.15) is 39.3 Å². The van der Waals surface area contributed by atoms with Gasteiger partial charge in [0.15, 0.2) is 0 Å². The van der Waals surface area contributed by atoms with Gasteiger partial charge in [0.2, 0.25) is 0 Å². The normalized spacial score (nSPS) is 18.9. The minimum absolute atomic E-state index is 0.149. The predicted octanol–water partition coefficient (Wildman–Crippen LogP) is 3.03. The monoisotopic (exact) mass is 293 g/mol. The first-order chi connectivity index (χ1) is 9.82. The van der Waals surface area contributed by atoms with Crippen LogP contribution in [0, 0.1) is 5.82 Å². The van der Waals surface area contributed by atoms with Gasteiger partial charge in [0, 0.05) is 43.4 Å². The topological polar surface area (TPSA) is 18.5 Å². The average Bonchev–Trinajstić information content (AvgIpc) is 2.45. The van der Waals surface area contributed by atoms with Crippen molar-refractivity contribution in [2.75, 3.05) is 38.1 Å². The highest BCUT2D eigenvalue weighted by atomic mass is 19.1. The summed E-state index contributed by atoms with van der Waals surface area (Å²) in [5.41, 5.74) is 2.42. The van der Waals surface area contributed by atoms with E-state index >= 15 is 0 Å². The second-order valence-electron chi connectivity index (χ2n) is 6.86. The molecule has 1 aliphatic rings. The van der Waals surface area contributed by atoms with Crippen LogP contribution in [0.2, 0.25) is 0 Å². The fraction of sp³-hybridized carbons (Fsp3) is 0.647. The largest absolute Gasteiger partial charge is 0.369 e. The lowest BCUT2D eigenvalue weighted by molar-refractivity contribution is 0.128. The van der Waals surface area contributed by atoms with Crippen LogP contribution in [0.5, 0.6) is 0 Å². The van der Waals surface area contributed by atoms with E-state index in [1.54, 1.807) is 12.1 Å². The molecule has 3 nitrogen and oxygen atoms in total. The van der Waals surface area contributed by atoms with Gasteiger partial charge in [0.25, 0.3) is 0 Å². The molecule has 0 bridgehead atoms. The van der Waals surface area contributed by atoms with E-state index in [4.69, 9.17) is 0 Å². The van der Waals surface area contributed by atoms with Gasteiger partial charge in [-0.1, -0.05) is 0 Å². The van der Waals surface area contributed by atoms with E-state index in [9.17, 15) is 4.39 Å². The van der Waals surface area contributed by atoms with Crippen LogP contribution in [0.25, 0.3) is 0 Å². The van der Waals surface area contributed by atoms with Gasteiger partial charge in [-0.2, -0.15) is 0 Å². The number of anilines is 1. The molecule has 0 aromatic heterocycles.